The molecule has 0 aromatic carbocycles. The molecule has 26 heavy (non-hydrogen) atoms. The summed E-state index contributed by atoms with van der Waals surface area (Å²) in [7, 11) is 0. The summed E-state index contributed by atoms with van der Waals surface area (Å²) in [4.78, 5) is 22.7. The van der Waals surface area contributed by atoms with Gasteiger partial charge < -0.3 is 15.2 Å². The molecule has 0 aliphatic heterocycles. The minimum absolute atomic E-state index is 0.0171. The van der Waals surface area contributed by atoms with Gasteiger partial charge in [-0.25, -0.2) is 4.79 Å². The number of carboxylic acids is 1. The van der Waals surface area contributed by atoms with Gasteiger partial charge >= 0.3 is 5.97 Å². The molecule has 1 amide bonds. The maximum absolute atomic E-state index is 11.7. The standard InChI is InChI=1S/C20H38ClNO4/c1-3-5-6-7-8-9-10-11-12-13-16-22-18(23)15-14-17-26-20(21,4-2)19(24)25/h3-17H2,1-2H3,(H,22,23)(H,24,25). The number of halogens is 1. The third-order valence-corrected chi connectivity index (χ3v) is 5.04. The number of ether oxygens (including phenoxy) is 1. The molecule has 0 rings (SSSR count). The van der Waals surface area contributed by atoms with Gasteiger partial charge in [0.1, 0.15) is 0 Å². The summed E-state index contributed by atoms with van der Waals surface area (Å²) < 4.78 is 5.19. The van der Waals surface area contributed by atoms with Gasteiger partial charge in [-0.05, 0) is 19.3 Å². The van der Waals surface area contributed by atoms with Crippen molar-refractivity contribution in [1.29, 1.82) is 0 Å². The van der Waals surface area contributed by atoms with Gasteiger partial charge in [-0.3, -0.25) is 4.79 Å². The highest BCUT2D eigenvalue weighted by molar-refractivity contribution is 6.32. The summed E-state index contributed by atoms with van der Waals surface area (Å²) >= 11 is 5.84. The minimum Gasteiger partial charge on any atom is -0.478 e. The number of unbranched alkanes of at least 4 members (excludes halogenated alkanes) is 9. The lowest BCUT2D eigenvalue weighted by atomic mass is 10.1. The van der Waals surface area contributed by atoms with Crippen molar-refractivity contribution < 1.29 is 19.4 Å². The van der Waals surface area contributed by atoms with Gasteiger partial charge in [-0.1, -0.05) is 83.2 Å². The number of rotatable bonds is 18. The average Bonchev–Trinajstić information content (AvgIpc) is 2.62. The molecule has 0 aromatic rings. The second kappa shape index (κ2) is 16.4. The highest BCUT2D eigenvalue weighted by atomic mass is 35.5. The molecule has 0 heterocycles. The predicted octanol–water partition coefficient (Wildman–Crippen LogP) is 5.25. The van der Waals surface area contributed by atoms with E-state index in [0.29, 0.717) is 19.4 Å². The number of carbonyl (C=O) groups excluding carboxylic acids is 1. The summed E-state index contributed by atoms with van der Waals surface area (Å²) in [5.41, 5.74) is 0. The van der Waals surface area contributed by atoms with Crippen LogP contribution in [0.15, 0.2) is 0 Å². The highest BCUT2D eigenvalue weighted by Gasteiger charge is 2.35. The Morgan fingerprint density at radius 2 is 1.46 bits per heavy atom. The quantitative estimate of drug-likeness (QED) is 0.247. The first-order valence-electron chi connectivity index (χ1n) is 10.3. The average molecular weight is 392 g/mol. The first kappa shape index (κ1) is 25.2. The van der Waals surface area contributed by atoms with Gasteiger partial charge in [0.2, 0.25) is 11.0 Å². The first-order chi connectivity index (χ1) is 12.5. The number of carboxylic acid groups (broad SMARTS) is 1. The number of hydrogen-bond acceptors (Lipinski definition) is 3. The van der Waals surface area contributed by atoms with Gasteiger partial charge in [0, 0.05) is 13.0 Å². The van der Waals surface area contributed by atoms with E-state index >= 15 is 0 Å². The van der Waals surface area contributed by atoms with Crippen molar-refractivity contribution in [2.24, 2.45) is 0 Å². The molecule has 0 aliphatic carbocycles. The number of alkyl halides is 1. The van der Waals surface area contributed by atoms with Crippen LogP contribution in [0, 0.1) is 0 Å². The Morgan fingerprint density at radius 3 is 1.96 bits per heavy atom. The zero-order chi connectivity index (χ0) is 19.7. The number of aliphatic carboxylic acids is 1. The summed E-state index contributed by atoms with van der Waals surface area (Å²) in [5.74, 6) is -1.21. The molecular formula is C20H38ClNO4. The molecule has 0 bridgehead atoms. The molecule has 0 radical (unpaired) electrons. The molecule has 2 N–H and O–H groups in total. The Kier molecular flexibility index (Phi) is 15.9. The van der Waals surface area contributed by atoms with Gasteiger partial charge in [0.15, 0.2) is 0 Å². The summed E-state index contributed by atoms with van der Waals surface area (Å²) in [6.07, 6.45) is 13.7. The van der Waals surface area contributed by atoms with Crippen LogP contribution in [0.5, 0.6) is 0 Å². The minimum atomic E-state index is -1.67. The lowest BCUT2D eigenvalue weighted by Gasteiger charge is -2.20. The molecule has 0 spiro atoms. The molecule has 1 unspecified atom stereocenters. The van der Waals surface area contributed by atoms with Crippen molar-refractivity contribution in [3.8, 4) is 0 Å². The van der Waals surface area contributed by atoms with Crippen LogP contribution in [0.25, 0.3) is 0 Å². The van der Waals surface area contributed by atoms with Crippen LogP contribution in [-0.2, 0) is 14.3 Å². The lowest BCUT2D eigenvalue weighted by Crippen LogP contribution is -2.35. The van der Waals surface area contributed by atoms with E-state index in [1.165, 1.54) is 51.4 Å². The van der Waals surface area contributed by atoms with Gasteiger partial charge in [-0.2, -0.15) is 0 Å². The van der Waals surface area contributed by atoms with E-state index in [-0.39, 0.29) is 18.9 Å². The van der Waals surface area contributed by atoms with E-state index in [9.17, 15) is 9.59 Å². The Hall–Kier alpha value is -0.810. The zero-order valence-electron chi connectivity index (χ0n) is 16.7. The second-order valence-electron chi connectivity index (χ2n) is 6.87. The third kappa shape index (κ3) is 13.4. The molecule has 0 saturated heterocycles. The maximum atomic E-state index is 11.7. The molecule has 1 atom stereocenters. The summed E-state index contributed by atoms with van der Waals surface area (Å²) in [5, 5.41) is 10.2. The molecular weight excluding hydrogens is 354 g/mol. The van der Waals surface area contributed by atoms with Crippen LogP contribution >= 0.6 is 11.6 Å². The van der Waals surface area contributed by atoms with Crippen molar-refractivity contribution in [3.05, 3.63) is 0 Å². The van der Waals surface area contributed by atoms with E-state index < -0.39 is 11.0 Å². The van der Waals surface area contributed by atoms with Crippen molar-refractivity contribution in [1.82, 2.24) is 5.32 Å². The fourth-order valence-corrected chi connectivity index (χ4v) is 2.79. The van der Waals surface area contributed by atoms with Crippen LogP contribution in [0.3, 0.4) is 0 Å². The van der Waals surface area contributed by atoms with Crippen LogP contribution in [0.2, 0.25) is 0 Å². The van der Waals surface area contributed by atoms with Gasteiger partial charge in [-0.15, -0.1) is 0 Å². The SMILES string of the molecule is CCCCCCCCCCCCNC(=O)CCCOC(Cl)(CC)C(=O)O. The predicted molar refractivity (Wildman–Crippen MR) is 107 cm³/mol. The van der Waals surface area contributed by atoms with Gasteiger partial charge in [0.25, 0.3) is 0 Å². The van der Waals surface area contributed by atoms with Crippen molar-refractivity contribution in [2.75, 3.05) is 13.2 Å². The van der Waals surface area contributed by atoms with E-state index in [2.05, 4.69) is 12.2 Å². The van der Waals surface area contributed by atoms with Crippen LogP contribution < -0.4 is 5.32 Å². The van der Waals surface area contributed by atoms with Crippen molar-refractivity contribution in [3.63, 3.8) is 0 Å². The van der Waals surface area contributed by atoms with E-state index in [0.717, 1.165) is 12.8 Å². The second-order valence-corrected chi connectivity index (χ2v) is 7.48. The topological polar surface area (TPSA) is 75.6 Å². The molecule has 0 aromatic heterocycles. The molecule has 5 nitrogen and oxygen atoms in total. The molecule has 0 fully saturated rings. The number of carbonyl (C=O) groups is 2. The fraction of sp³-hybridized carbons (Fsp3) is 0.900. The number of nitrogens with one attached hydrogen (secondary N) is 1. The van der Waals surface area contributed by atoms with Gasteiger partial charge in [0.05, 0.1) is 6.61 Å². The van der Waals surface area contributed by atoms with Crippen LogP contribution in [0.4, 0.5) is 0 Å². The molecule has 0 aliphatic rings. The smallest absolute Gasteiger partial charge is 0.351 e. The van der Waals surface area contributed by atoms with E-state index in [1.54, 1.807) is 6.92 Å². The van der Waals surface area contributed by atoms with Crippen LogP contribution in [-0.4, -0.2) is 35.2 Å². The maximum Gasteiger partial charge on any atom is 0.351 e. The van der Waals surface area contributed by atoms with Crippen molar-refractivity contribution >= 4 is 23.5 Å². The molecule has 6 heteroatoms. The zero-order valence-corrected chi connectivity index (χ0v) is 17.4. The van der Waals surface area contributed by atoms with E-state index in [1.807, 2.05) is 0 Å². The molecule has 154 valence electrons. The summed E-state index contributed by atoms with van der Waals surface area (Å²) in [6.45, 7) is 4.76. The highest BCUT2D eigenvalue weighted by Crippen LogP contribution is 2.22. The van der Waals surface area contributed by atoms with Crippen LogP contribution in [0.1, 0.15) is 97.3 Å². The third-order valence-electron chi connectivity index (χ3n) is 4.51. The Bertz CT molecular complexity index is 379. The Morgan fingerprint density at radius 1 is 0.923 bits per heavy atom. The monoisotopic (exact) mass is 391 g/mol. The lowest BCUT2D eigenvalue weighted by molar-refractivity contribution is -0.155. The number of hydrogen-bond donors (Lipinski definition) is 2. The van der Waals surface area contributed by atoms with E-state index in [4.69, 9.17) is 21.4 Å². The normalized spacial score (nSPS) is 13.3. The fourth-order valence-electron chi connectivity index (χ4n) is 2.71. The summed E-state index contributed by atoms with van der Waals surface area (Å²) in [6, 6.07) is 0. The van der Waals surface area contributed by atoms with Crippen molar-refractivity contribution in [2.45, 2.75) is 102 Å². The first-order valence-corrected chi connectivity index (χ1v) is 10.7. The largest absolute Gasteiger partial charge is 0.478 e. The Labute approximate surface area is 164 Å². The molecule has 0 saturated carbocycles. The Balaban J connectivity index is 3.43. The number of amides is 1.